The molecule has 0 spiro atoms. The van der Waals surface area contributed by atoms with Gasteiger partial charge in [-0.15, -0.1) is 0 Å². The van der Waals surface area contributed by atoms with Gasteiger partial charge in [-0.1, -0.05) is 29.8 Å². The smallest absolute Gasteiger partial charge is 0.218 e. The topological polar surface area (TPSA) is 52.6 Å². The molecule has 2 bridgehead atoms. The van der Waals surface area contributed by atoms with Crippen molar-refractivity contribution >= 4 is 11.6 Å². The number of aryl methyl sites for hydroxylation is 1. The molecule has 4 rings (SSSR count). The Kier molecular flexibility index (Phi) is 2.23. The fourth-order valence-electron chi connectivity index (χ4n) is 3.34. The lowest BCUT2D eigenvalue weighted by molar-refractivity contribution is -0.153. The summed E-state index contributed by atoms with van der Waals surface area (Å²) in [5.41, 5.74) is 1.81. The second-order valence-electron chi connectivity index (χ2n) is 5.60. The van der Waals surface area contributed by atoms with Gasteiger partial charge in [0, 0.05) is 23.3 Å². The van der Waals surface area contributed by atoms with Crippen LogP contribution in [0.2, 0.25) is 0 Å². The predicted molar refractivity (Wildman–Crippen MR) is 65.6 cm³/mol. The van der Waals surface area contributed by atoms with Crippen molar-refractivity contribution in [3.63, 3.8) is 0 Å². The summed E-state index contributed by atoms with van der Waals surface area (Å²) in [6, 6.07) is 7.52. The van der Waals surface area contributed by atoms with E-state index in [-0.39, 0.29) is 35.4 Å². The molecule has 1 aromatic rings. The molecular formula is C15H14O4. The lowest BCUT2D eigenvalue weighted by Crippen LogP contribution is -2.30. The molecule has 1 aromatic carbocycles. The van der Waals surface area contributed by atoms with E-state index < -0.39 is 6.29 Å². The maximum Gasteiger partial charge on any atom is 0.218 e. The normalized spacial score (nSPS) is 39.0. The van der Waals surface area contributed by atoms with Crippen molar-refractivity contribution in [3.8, 4) is 0 Å². The number of ketones is 2. The van der Waals surface area contributed by atoms with Crippen LogP contribution in [0.1, 0.15) is 15.9 Å². The van der Waals surface area contributed by atoms with Crippen LogP contribution in [0.3, 0.4) is 0 Å². The maximum absolute atomic E-state index is 12.5. The summed E-state index contributed by atoms with van der Waals surface area (Å²) in [5.74, 6) is -0.335. The molecule has 2 heterocycles. The van der Waals surface area contributed by atoms with Crippen molar-refractivity contribution in [2.75, 3.05) is 6.61 Å². The molecule has 3 aliphatic rings. The first-order valence-corrected chi connectivity index (χ1v) is 6.58. The van der Waals surface area contributed by atoms with E-state index >= 15 is 0 Å². The quantitative estimate of drug-likeness (QED) is 0.752. The molecular weight excluding hydrogens is 244 g/mol. The number of rotatable bonds is 2. The molecule has 4 heteroatoms. The van der Waals surface area contributed by atoms with Crippen LogP contribution >= 0.6 is 0 Å². The van der Waals surface area contributed by atoms with E-state index in [1.807, 2.05) is 31.2 Å². The van der Waals surface area contributed by atoms with Gasteiger partial charge < -0.3 is 9.47 Å². The van der Waals surface area contributed by atoms with Crippen molar-refractivity contribution < 1.29 is 19.1 Å². The summed E-state index contributed by atoms with van der Waals surface area (Å²) in [6.07, 6.45) is -0.797. The van der Waals surface area contributed by atoms with Crippen molar-refractivity contribution in [3.05, 3.63) is 35.4 Å². The summed E-state index contributed by atoms with van der Waals surface area (Å²) in [6.45, 7) is 2.42. The third-order valence-corrected chi connectivity index (χ3v) is 4.41. The standard InChI is InChI=1S/C15H14O4/c1-7-2-4-8(5-3-7)13(16)11-10-9-6-18-15(19-9)14(17)12(10)11/h2-5,9-12,15H,6H2,1H3/t9-,10+,11-,12+,15-/m1/s1. The highest BCUT2D eigenvalue weighted by atomic mass is 16.7. The molecule has 4 nitrogen and oxygen atoms in total. The molecule has 2 aliphatic heterocycles. The molecule has 0 N–H and O–H groups in total. The summed E-state index contributed by atoms with van der Waals surface area (Å²) in [7, 11) is 0. The minimum Gasteiger partial charge on any atom is -0.343 e. The number of carbonyl (C=O) groups is 2. The van der Waals surface area contributed by atoms with Crippen LogP contribution in [0.15, 0.2) is 24.3 Å². The zero-order valence-corrected chi connectivity index (χ0v) is 10.5. The van der Waals surface area contributed by atoms with Crippen LogP contribution in [0.5, 0.6) is 0 Å². The molecule has 1 aliphatic carbocycles. The van der Waals surface area contributed by atoms with E-state index in [0.29, 0.717) is 12.2 Å². The van der Waals surface area contributed by atoms with E-state index in [1.54, 1.807) is 0 Å². The Morgan fingerprint density at radius 3 is 2.74 bits per heavy atom. The highest BCUT2D eigenvalue weighted by molar-refractivity contribution is 6.05. The van der Waals surface area contributed by atoms with Gasteiger partial charge in [0.15, 0.2) is 11.6 Å². The molecule has 3 fully saturated rings. The van der Waals surface area contributed by atoms with Crippen LogP contribution in [0.25, 0.3) is 0 Å². The van der Waals surface area contributed by atoms with Crippen molar-refractivity contribution in [1.82, 2.24) is 0 Å². The van der Waals surface area contributed by atoms with Crippen LogP contribution in [0, 0.1) is 24.7 Å². The molecule has 5 atom stereocenters. The Balaban J connectivity index is 1.60. The molecule has 0 radical (unpaired) electrons. The van der Waals surface area contributed by atoms with E-state index in [0.717, 1.165) is 5.56 Å². The number of ether oxygens (including phenoxy) is 2. The summed E-state index contributed by atoms with van der Waals surface area (Å²) in [5, 5.41) is 0. The van der Waals surface area contributed by atoms with Crippen LogP contribution < -0.4 is 0 Å². The van der Waals surface area contributed by atoms with E-state index in [2.05, 4.69) is 0 Å². The van der Waals surface area contributed by atoms with E-state index in [1.165, 1.54) is 0 Å². The Bertz CT molecular complexity index is 562. The lowest BCUT2D eigenvalue weighted by atomic mass is 10.0. The number of benzene rings is 1. The summed E-state index contributed by atoms with van der Waals surface area (Å²) < 4.78 is 10.7. The third kappa shape index (κ3) is 1.53. The van der Waals surface area contributed by atoms with Crippen molar-refractivity contribution in [1.29, 1.82) is 0 Å². The van der Waals surface area contributed by atoms with Gasteiger partial charge in [0.05, 0.1) is 12.7 Å². The number of hydrogen-bond donors (Lipinski definition) is 0. The van der Waals surface area contributed by atoms with Crippen LogP contribution in [0.4, 0.5) is 0 Å². The van der Waals surface area contributed by atoms with E-state index in [4.69, 9.17) is 9.47 Å². The van der Waals surface area contributed by atoms with E-state index in [9.17, 15) is 9.59 Å². The first-order chi connectivity index (χ1) is 9.16. The zero-order valence-electron chi connectivity index (χ0n) is 10.5. The highest BCUT2D eigenvalue weighted by Gasteiger charge is 2.68. The molecule has 2 saturated heterocycles. The van der Waals surface area contributed by atoms with Gasteiger partial charge in [-0.05, 0) is 6.92 Å². The Morgan fingerprint density at radius 2 is 2.00 bits per heavy atom. The minimum absolute atomic E-state index is 0.0278. The Labute approximate surface area is 110 Å². The SMILES string of the molecule is Cc1ccc(C(=O)[C@H]2[C@H]3C(=O)[C@@H]4OC[C@@H](O4)[C@H]32)cc1. The van der Waals surface area contributed by atoms with Crippen molar-refractivity contribution in [2.45, 2.75) is 19.3 Å². The van der Waals surface area contributed by atoms with Gasteiger partial charge in [-0.25, -0.2) is 0 Å². The lowest BCUT2D eigenvalue weighted by Gasteiger charge is -2.14. The largest absolute Gasteiger partial charge is 0.343 e. The second-order valence-corrected chi connectivity index (χ2v) is 5.60. The second kappa shape index (κ2) is 3.74. The summed E-state index contributed by atoms with van der Waals surface area (Å²) in [4.78, 5) is 24.5. The first-order valence-electron chi connectivity index (χ1n) is 6.58. The number of fused-ring (bicyclic) bond motifs is 4. The summed E-state index contributed by atoms with van der Waals surface area (Å²) >= 11 is 0. The zero-order chi connectivity index (χ0) is 13.1. The molecule has 0 amide bonds. The highest BCUT2D eigenvalue weighted by Crippen LogP contribution is 2.57. The molecule has 1 saturated carbocycles. The fraction of sp³-hybridized carbons (Fsp3) is 0.467. The Morgan fingerprint density at radius 1 is 1.26 bits per heavy atom. The number of Topliss-reactive ketones (excluding diaryl/α,β-unsaturated/α-hetero) is 2. The number of carbonyl (C=O) groups excluding carboxylic acids is 2. The molecule has 0 unspecified atom stereocenters. The first kappa shape index (κ1) is 11.3. The third-order valence-electron chi connectivity index (χ3n) is 4.41. The van der Waals surface area contributed by atoms with Crippen LogP contribution in [-0.4, -0.2) is 30.6 Å². The van der Waals surface area contributed by atoms with Gasteiger partial charge >= 0.3 is 0 Å². The Hall–Kier alpha value is -1.52. The van der Waals surface area contributed by atoms with Gasteiger partial charge in [0.25, 0.3) is 0 Å². The maximum atomic E-state index is 12.5. The number of hydrogen-bond acceptors (Lipinski definition) is 4. The van der Waals surface area contributed by atoms with Gasteiger partial charge in [-0.2, -0.15) is 0 Å². The fourth-order valence-corrected chi connectivity index (χ4v) is 3.34. The average Bonchev–Trinajstić information content (AvgIpc) is 3.02. The van der Waals surface area contributed by atoms with Gasteiger partial charge in [-0.3, -0.25) is 9.59 Å². The monoisotopic (exact) mass is 258 g/mol. The van der Waals surface area contributed by atoms with Crippen molar-refractivity contribution in [2.24, 2.45) is 17.8 Å². The van der Waals surface area contributed by atoms with Gasteiger partial charge in [0.1, 0.15) is 0 Å². The van der Waals surface area contributed by atoms with Crippen LogP contribution in [-0.2, 0) is 14.3 Å². The molecule has 0 aromatic heterocycles. The molecule has 19 heavy (non-hydrogen) atoms. The van der Waals surface area contributed by atoms with Gasteiger partial charge in [0.2, 0.25) is 6.29 Å². The predicted octanol–water partition coefficient (Wildman–Crippen LogP) is 1.36. The minimum atomic E-state index is -0.720. The molecule has 98 valence electrons. The average molecular weight is 258 g/mol.